The highest BCUT2D eigenvalue weighted by atomic mass is 16.5. The summed E-state index contributed by atoms with van der Waals surface area (Å²) in [5.74, 6) is 1.75. The normalized spacial score (nSPS) is 23.9. The van der Waals surface area contributed by atoms with E-state index < -0.39 is 5.60 Å². The smallest absolute Gasteiger partial charge is 0.254 e. The number of carbonyl (C=O) groups excluding carboxylic acids is 1. The molecule has 1 fully saturated rings. The molecule has 2 N–H and O–H groups in total. The van der Waals surface area contributed by atoms with Crippen LogP contribution in [0.1, 0.15) is 31.3 Å². The Balaban J connectivity index is 2.11. The summed E-state index contributed by atoms with van der Waals surface area (Å²) in [5.41, 5.74) is 5.33. The van der Waals surface area contributed by atoms with Gasteiger partial charge < -0.3 is 19.8 Å². The van der Waals surface area contributed by atoms with Gasteiger partial charge in [-0.1, -0.05) is 0 Å². The van der Waals surface area contributed by atoms with Gasteiger partial charge in [-0.15, -0.1) is 0 Å². The molecule has 19 heavy (non-hydrogen) atoms. The molecule has 1 aliphatic rings. The highest BCUT2D eigenvalue weighted by Crippen LogP contribution is 2.29. The van der Waals surface area contributed by atoms with Crippen LogP contribution in [0, 0.1) is 6.92 Å². The van der Waals surface area contributed by atoms with E-state index in [-0.39, 0.29) is 17.9 Å². The number of aryl methyl sites for hydroxylation is 1. The summed E-state index contributed by atoms with van der Waals surface area (Å²) in [6.45, 7) is 6.56. The minimum Gasteiger partial charge on any atom is -0.466 e. The molecule has 0 bridgehead atoms. The van der Waals surface area contributed by atoms with Gasteiger partial charge in [0.05, 0.1) is 5.92 Å². The predicted molar refractivity (Wildman–Crippen MR) is 71.8 cm³/mol. The maximum atomic E-state index is 12.3. The minimum absolute atomic E-state index is 0.0313. The lowest BCUT2D eigenvalue weighted by Crippen LogP contribution is -2.46. The Labute approximate surface area is 113 Å². The number of hydrogen-bond acceptors (Lipinski definition) is 4. The molecule has 1 amide bonds. The molecule has 0 radical (unpaired) electrons. The Bertz CT molecular complexity index is 467. The molecule has 1 aliphatic heterocycles. The molecule has 5 nitrogen and oxygen atoms in total. The maximum Gasteiger partial charge on any atom is 0.254 e. The molecular formula is C14H22N2O3. The van der Waals surface area contributed by atoms with Gasteiger partial charge in [-0.05, 0) is 32.9 Å². The van der Waals surface area contributed by atoms with Crippen LogP contribution in [0.2, 0.25) is 0 Å². The molecule has 0 saturated carbocycles. The summed E-state index contributed by atoms with van der Waals surface area (Å²) in [7, 11) is 1.54. The lowest BCUT2D eigenvalue weighted by molar-refractivity contribution is -0.149. The maximum absolute atomic E-state index is 12.3. The van der Waals surface area contributed by atoms with Crippen LogP contribution < -0.4 is 5.73 Å². The molecule has 2 rings (SSSR count). The Morgan fingerprint density at radius 1 is 1.47 bits per heavy atom. The van der Waals surface area contributed by atoms with Gasteiger partial charge in [0.25, 0.3) is 5.91 Å². The molecule has 1 aromatic rings. The zero-order valence-corrected chi connectivity index (χ0v) is 12.0. The number of carbonyl (C=O) groups is 1. The number of likely N-dealkylation sites (tertiary alicyclic amines) is 1. The third kappa shape index (κ3) is 2.67. The van der Waals surface area contributed by atoms with Crippen molar-refractivity contribution in [3.63, 3.8) is 0 Å². The number of nitrogens with two attached hydrogens (primary N) is 1. The second-order valence-electron chi connectivity index (χ2n) is 5.64. The molecule has 106 valence electrons. The average molecular weight is 266 g/mol. The van der Waals surface area contributed by atoms with Gasteiger partial charge >= 0.3 is 0 Å². The monoisotopic (exact) mass is 266 g/mol. The number of ether oxygens (including phenoxy) is 1. The zero-order chi connectivity index (χ0) is 14.2. The van der Waals surface area contributed by atoms with Crippen LogP contribution in [0.3, 0.4) is 0 Å². The second kappa shape index (κ2) is 4.98. The third-order valence-corrected chi connectivity index (χ3v) is 3.80. The van der Waals surface area contributed by atoms with Crippen LogP contribution in [-0.2, 0) is 9.53 Å². The van der Waals surface area contributed by atoms with Crippen molar-refractivity contribution in [1.29, 1.82) is 0 Å². The van der Waals surface area contributed by atoms with E-state index in [1.807, 2.05) is 19.1 Å². The van der Waals surface area contributed by atoms with Crippen molar-refractivity contribution in [1.82, 2.24) is 4.90 Å². The molecule has 5 heteroatoms. The van der Waals surface area contributed by atoms with Crippen molar-refractivity contribution >= 4 is 5.91 Å². The fraction of sp³-hybridized carbons (Fsp3) is 0.643. The summed E-state index contributed by atoms with van der Waals surface area (Å²) in [6.07, 6.45) is 0. The first-order chi connectivity index (χ1) is 8.85. The SMILES string of the molecule is COC(C)(C)C(=O)N1C[C@@H](N)[C@H](c2ccc(C)o2)C1. The van der Waals surface area contributed by atoms with E-state index in [9.17, 15) is 4.79 Å². The summed E-state index contributed by atoms with van der Waals surface area (Å²) >= 11 is 0. The zero-order valence-electron chi connectivity index (χ0n) is 12.0. The summed E-state index contributed by atoms with van der Waals surface area (Å²) in [5, 5.41) is 0. The molecular weight excluding hydrogens is 244 g/mol. The first-order valence-corrected chi connectivity index (χ1v) is 6.51. The quantitative estimate of drug-likeness (QED) is 0.894. The highest BCUT2D eigenvalue weighted by Gasteiger charge is 2.40. The standard InChI is InChI=1S/C14H22N2O3/c1-9-5-6-12(19-9)10-7-16(8-11(10)15)13(17)14(2,3)18-4/h5-6,10-11H,7-8,15H2,1-4H3/t10-,11-/m1/s1. The van der Waals surface area contributed by atoms with Crippen LogP contribution in [0.25, 0.3) is 0 Å². The number of nitrogens with zero attached hydrogens (tertiary/aromatic N) is 1. The lowest BCUT2D eigenvalue weighted by atomic mass is 10.0. The largest absolute Gasteiger partial charge is 0.466 e. The second-order valence-corrected chi connectivity index (χ2v) is 5.64. The van der Waals surface area contributed by atoms with Crippen LogP contribution in [0.15, 0.2) is 16.5 Å². The molecule has 2 heterocycles. The first-order valence-electron chi connectivity index (χ1n) is 6.51. The average Bonchev–Trinajstić information content (AvgIpc) is 2.94. The summed E-state index contributed by atoms with van der Waals surface area (Å²) in [4.78, 5) is 14.1. The predicted octanol–water partition coefficient (Wildman–Crippen LogP) is 1.27. The number of amides is 1. The molecule has 0 aliphatic carbocycles. The van der Waals surface area contributed by atoms with Gasteiger partial charge in [-0.25, -0.2) is 0 Å². The third-order valence-electron chi connectivity index (χ3n) is 3.80. The van der Waals surface area contributed by atoms with Crippen molar-refractivity contribution in [2.45, 2.75) is 38.3 Å². The van der Waals surface area contributed by atoms with Crippen LogP contribution in [0.4, 0.5) is 0 Å². The van der Waals surface area contributed by atoms with Gasteiger partial charge in [0.2, 0.25) is 0 Å². The first kappa shape index (κ1) is 14.1. The van der Waals surface area contributed by atoms with Gasteiger partial charge in [0, 0.05) is 26.2 Å². The van der Waals surface area contributed by atoms with Crippen LogP contribution in [0.5, 0.6) is 0 Å². The minimum atomic E-state index is -0.812. The van der Waals surface area contributed by atoms with Crippen LogP contribution in [-0.4, -0.2) is 42.6 Å². The van der Waals surface area contributed by atoms with Crippen molar-refractivity contribution in [3.05, 3.63) is 23.7 Å². The molecule has 2 atom stereocenters. The molecule has 0 unspecified atom stereocenters. The number of furan rings is 1. The Hall–Kier alpha value is -1.33. The topological polar surface area (TPSA) is 68.7 Å². The van der Waals surface area contributed by atoms with E-state index >= 15 is 0 Å². The van der Waals surface area contributed by atoms with Gasteiger partial charge in [0.1, 0.15) is 17.1 Å². The highest BCUT2D eigenvalue weighted by molar-refractivity contribution is 5.84. The number of methoxy groups -OCH3 is 1. The van der Waals surface area contributed by atoms with Crippen molar-refractivity contribution in [2.75, 3.05) is 20.2 Å². The lowest BCUT2D eigenvalue weighted by Gasteiger charge is -2.27. The Morgan fingerprint density at radius 3 is 2.68 bits per heavy atom. The van der Waals surface area contributed by atoms with Crippen molar-refractivity contribution in [3.8, 4) is 0 Å². The van der Waals surface area contributed by atoms with Crippen LogP contribution >= 0.6 is 0 Å². The van der Waals surface area contributed by atoms with Gasteiger partial charge in [-0.2, -0.15) is 0 Å². The van der Waals surface area contributed by atoms with Crippen molar-refractivity contribution in [2.24, 2.45) is 5.73 Å². The molecule has 0 aromatic carbocycles. The summed E-state index contributed by atoms with van der Waals surface area (Å²) < 4.78 is 10.9. The number of rotatable bonds is 3. The van der Waals surface area contributed by atoms with E-state index in [4.69, 9.17) is 14.9 Å². The summed E-state index contributed by atoms with van der Waals surface area (Å²) in [6, 6.07) is 3.77. The number of hydrogen-bond donors (Lipinski definition) is 1. The molecule has 1 aromatic heterocycles. The van der Waals surface area contributed by atoms with E-state index in [0.29, 0.717) is 13.1 Å². The van der Waals surface area contributed by atoms with Gasteiger partial charge in [-0.3, -0.25) is 4.79 Å². The van der Waals surface area contributed by atoms with E-state index in [0.717, 1.165) is 11.5 Å². The fourth-order valence-electron chi connectivity index (χ4n) is 2.42. The Morgan fingerprint density at radius 2 is 2.16 bits per heavy atom. The van der Waals surface area contributed by atoms with E-state index in [1.165, 1.54) is 0 Å². The molecule has 1 saturated heterocycles. The molecule has 0 spiro atoms. The van der Waals surface area contributed by atoms with Crippen molar-refractivity contribution < 1.29 is 13.9 Å². The fourth-order valence-corrected chi connectivity index (χ4v) is 2.42. The van der Waals surface area contributed by atoms with E-state index in [1.54, 1.807) is 25.9 Å². The van der Waals surface area contributed by atoms with E-state index in [2.05, 4.69) is 0 Å². The Kier molecular flexibility index (Phi) is 3.69. The van der Waals surface area contributed by atoms with Gasteiger partial charge in [0.15, 0.2) is 0 Å².